The highest BCUT2D eigenvalue weighted by molar-refractivity contribution is 6.39. The number of nitrogens with zero attached hydrogens (tertiary/aromatic N) is 2. The van der Waals surface area contributed by atoms with Gasteiger partial charge in [-0.15, -0.1) is 0 Å². The molecule has 2 aromatic rings. The summed E-state index contributed by atoms with van der Waals surface area (Å²) in [5.74, 6) is -2.23. The van der Waals surface area contributed by atoms with Gasteiger partial charge in [0.15, 0.2) is 6.61 Å². The van der Waals surface area contributed by atoms with E-state index in [0.29, 0.717) is 13.1 Å². The first-order chi connectivity index (χ1) is 14.7. The molecule has 0 aliphatic carbocycles. The molecule has 3 rings (SSSR count). The number of hydrogen-bond acceptors (Lipinski definition) is 5. The third-order valence-electron chi connectivity index (χ3n) is 4.74. The van der Waals surface area contributed by atoms with Gasteiger partial charge in [-0.25, -0.2) is 9.69 Å². The van der Waals surface area contributed by atoms with Gasteiger partial charge in [-0.2, -0.15) is 0 Å². The zero-order chi connectivity index (χ0) is 22.7. The van der Waals surface area contributed by atoms with E-state index in [1.54, 1.807) is 31.2 Å². The summed E-state index contributed by atoms with van der Waals surface area (Å²) in [4.78, 5) is 52.8. The number of likely N-dealkylation sites (N-methyl/N-ethyl adjacent to an activating group) is 1. The van der Waals surface area contributed by atoms with Crippen LogP contribution in [0, 0.1) is 0 Å². The second-order valence-corrected chi connectivity index (χ2v) is 7.51. The lowest BCUT2D eigenvalue weighted by Gasteiger charge is -2.20. The van der Waals surface area contributed by atoms with Crippen LogP contribution in [-0.2, 0) is 9.53 Å². The van der Waals surface area contributed by atoms with E-state index in [9.17, 15) is 19.2 Å². The van der Waals surface area contributed by atoms with E-state index in [4.69, 9.17) is 16.3 Å². The van der Waals surface area contributed by atoms with Crippen molar-refractivity contribution >= 4 is 41.0 Å². The predicted octanol–water partition coefficient (Wildman–Crippen LogP) is 3.72. The summed E-state index contributed by atoms with van der Waals surface area (Å²) < 4.78 is 5.12. The molecule has 0 fully saturated rings. The van der Waals surface area contributed by atoms with Gasteiger partial charge in [-0.1, -0.05) is 35.9 Å². The molecule has 0 spiro atoms. The summed E-state index contributed by atoms with van der Waals surface area (Å²) >= 11 is 6.14. The Hall–Kier alpha value is -3.45. The zero-order valence-electron chi connectivity index (χ0n) is 17.2. The molecule has 7 nitrogen and oxygen atoms in total. The molecule has 0 atom stereocenters. The fraction of sp³-hybridized carbons (Fsp3) is 0.217. The third-order valence-corrected chi connectivity index (χ3v) is 5.06. The summed E-state index contributed by atoms with van der Waals surface area (Å²) in [5.41, 5.74) is 1.38. The molecule has 0 saturated heterocycles. The molecule has 1 heterocycles. The number of esters is 1. The van der Waals surface area contributed by atoms with Crippen LogP contribution in [0.1, 0.15) is 44.9 Å². The smallest absolute Gasteiger partial charge is 0.338 e. The Bertz CT molecular complexity index is 1100. The van der Waals surface area contributed by atoms with Crippen LogP contribution < -0.4 is 4.90 Å². The maximum absolute atomic E-state index is 12.9. The number of hydrogen-bond donors (Lipinski definition) is 0. The molecule has 160 valence electrons. The van der Waals surface area contributed by atoms with Crippen molar-refractivity contribution in [2.24, 2.45) is 0 Å². The van der Waals surface area contributed by atoms with Crippen LogP contribution in [0.3, 0.4) is 0 Å². The van der Waals surface area contributed by atoms with Crippen molar-refractivity contribution in [3.05, 3.63) is 76.3 Å². The maximum atomic E-state index is 12.9. The molecule has 31 heavy (non-hydrogen) atoms. The Kier molecular flexibility index (Phi) is 6.56. The predicted molar refractivity (Wildman–Crippen MR) is 116 cm³/mol. The molecule has 0 radical (unpaired) electrons. The van der Waals surface area contributed by atoms with E-state index in [1.165, 1.54) is 23.1 Å². The summed E-state index contributed by atoms with van der Waals surface area (Å²) in [7, 11) is 0. The molecule has 0 aromatic heterocycles. The second kappa shape index (κ2) is 9.14. The quantitative estimate of drug-likeness (QED) is 0.372. The summed E-state index contributed by atoms with van der Waals surface area (Å²) in [6.45, 7) is 7.79. The molecular formula is C23H21ClN2O5. The zero-order valence-corrected chi connectivity index (χ0v) is 17.9. The standard InChI is InChI=1S/C23H21ClN2O5/c1-4-25(12-14(2)3)20(27)13-31-23(30)15-9-10-16-17(11-15)22(29)26(21(16)28)19-8-6-5-7-18(19)24/h5-11H,2,4,12-13H2,1,3H3. The maximum Gasteiger partial charge on any atom is 0.338 e. The van der Waals surface area contributed by atoms with E-state index in [0.717, 1.165) is 10.5 Å². The molecule has 8 heteroatoms. The molecule has 2 aromatic carbocycles. The van der Waals surface area contributed by atoms with Gasteiger partial charge >= 0.3 is 5.97 Å². The molecular weight excluding hydrogens is 420 g/mol. The minimum absolute atomic E-state index is 0.0664. The molecule has 3 amide bonds. The van der Waals surface area contributed by atoms with Crippen molar-refractivity contribution in [3.8, 4) is 0 Å². The Balaban J connectivity index is 1.76. The van der Waals surface area contributed by atoms with Crippen LogP contribution >= 0.6 is 11.6 Å². The molecule has 1 aliphatic rings. The second-order valence-electron chi connectivity index (χ2n) is 7.10. The number of halogens is 1. The van der Waals surface area contributed by atoms with Crippen molar-refractivity contribution in [2.45, 2.75) is 13.8 Å². The topological polar surface area (TPSA) is 84.0 Å². The lowest BCUT2D eigenvalue weighted by atomic mass is 10.1. The first kappa shape index (κ1) is 22.2. The number of amides is 3. The van der Waals surface area contributed by atoms with Gasteiger partial charge in [0.25, 0.3) is 17.7 Å². The molecule has 0 saturated carbocycles. The minimum atomic E-state index is -0.765. The average Bonchev–Trinajstić information content (AvgIpc) is 3.00. The van der Waals surface area contributed by atoms with Gasteiger partial charge < -0.3 is 9.64 Å². The van der Waals surface area contributed by atoms with Crippen molar-refractivity contribution in [1.29, 1.82) is 0 Å². The summed E-state index contributed by atoms with van der Waals surface area (Å²) in [6.07, 6.45) is 0. The number of rotatable bonds is 7. The molecule has 0 N–H and O–H groups in total. The van der Waals surface area contributed by atoms with Gasteiger partial charge in [0, 0.05) is 13.1 Å². The number of para-hydroxylation sites is 1. The van der Waals surface area contributed by atoms with Crippen LogP contribution in [-0.4, -0.2) is 48.3 Å². The Morgan fingerprint density at radius 1 is 1.10 bits per heavy atom. The van der Waals surface area contributed by atoms with Gasteiger partial charge in [0.2, 0.25) is 0 Å². The van der Waals surface area contributed by atoms with E-state index in [-0.39, 0.29) is 33.3 Å². The van der Waals surface area contributed by atoms with Gasteiger partial charge in [-0.3, -0.25) is 14.4 Å². The van der Waals surface area contributed by atoms with Crippen molar-refractivity contribution < 1.29 is 23.9 Å². The number of fused-ring (bicyclic) bond motifs is 1. The van der Waals surface area contributed by atoms with Gasteiger partial charge in [0.05, 0.1) is 27.4 Å². The highest BCUT2D eigenvalue weighted by Crippen LogP contribution is 2.33. The highest BCUT2D eigenvalue weighted by Gasteiger charge is 2.38. The SMILES string of the molecule is C=C(C)CN(CC)C(=O)COC(=O)c1ccc2c(c1)C(=O)N(c1ccccc1Cl)C2=O. The average molecular weight is 441 g/mol. The fourth-order valence-corrected chi connectivity index (χ4v) is 3.44. The number of ether oxygens (including phenoxy) is 1. The van der Waals surface area contributed by atoms with Crippen LogP contribution in [0.5, 0.6) is 0 Å². The van der Waals surface area contributed by atoms with Crippen LogP contribution in [0.4, 0.5) is 5.69 Å². The highest BCUT2D eigenvalue weighted by atomic mass is 35.5. The van der Waals surface area contributed by atoms with Crippen molar-refractivity contribution in [1.82, 2.24) is 4.90 Å². The van der Waals surface area contributed by atoms with Crippen molar-refractivity contribution in [3.63, 3.8) is 0 Å². The van der Waals surface area contributed by atoms with Crippen LogP contribution in [0.25, 0.3) is 0 Å². The monoisotopic (exact) mass is 440 g/mol. The third kappa shape index (κ3) is 4.51. The number of anilines is 1. The van der Waals surface area contributed by atoms with E-state index >= 15 is 0 Å². The number of imide groups is 1. The lowest BCUT2D eigenvalue weighted by molar-refractivity contribution is -0.133. The minimum Gasteiger partial charge on any atom is -0.452 e. The van der Waals surface area contributed by atoms with Crippen LogP contribution in [0.2, 0.25) is 5.02 Å². The fourth-order valence-electron chi connectivity index (χ4n) is 3.22. The lowest BCUT2D eigenvalue weighted by Crippen LogP contribution is -2.35. The molecule has 0 bridgehead atoms. The summed E-state index contributed by atoms with van der Waals surface area (Å²) in [6, 6.07) is 10.6. The first-order valence-corrected chi connectivity index (χ1v) is 9.99. The number of benzene rings is 2. The van der Waals surface area contributed by atoms with E-state index in [1.807, 2.05) is 6.92 Å². The van der Waals surface area contributed by atoms with Gasteiger partial charge in [0.1, 0.15) is 0 Å². The Morgan fingerprint density at radius 2 is 1.77 bits per heavy atom. The van der Waals surface area contributed by atoms with E-state index < -0.39 is 24.4 Å². The van der Waals surface area contributed by atoms with E-state index in [2.05, 4.69) is 6.58 Å². The van der Waals surface area contributed by atoms with Crippen molar-refractivity contribution in [2.75, 3.05) is 24.6 Å². The first-order valence-electron chi connectivity index (χ1n) is 9.61. The Morgan fingerprint density at radius 3 is 2.42 bits per heavy atom. The van der Waals surface area contributed by atoms with Crippen LogP contribution in [0.15, 0.2) is 54.6 Å². The normalized spacial score (nSPS) is 12.5. The summed E-state index contributed by atoms with van der Waals surface area (Å²) in [5, 5.41) is 0.255. The number of carbonyl (C=O) groups is 4. The van der Waals surface area contributed by atoms with Gasteiger partial charge in [-0.05, 0) is 44.2 Å². The number of carbonyl (C=O) groups excluding carboxylic acids is 4. The largest absolute Gasteiger partial charge is 0.452 e. The molecule has 1 aliphatic heterocycles. The molecule has 0 unspecified atom stereocenters. The Labute approximate surface area is 184 Å².